The lowest BCUT2D eigenvalue weighted by Crippen LogP contribution is -2.22. The number of hydrogen-bond donors (Lipinski definition) is 2. The molecule has 0 aromatic heterocycles. The third-order valence-electron chi connectivity index (χ3n) is 4.30. The van der Waals surface area contributed by atoms with Crippen LogP contribution in [0.2, 0.25) is 0 Å². The molecule has 0 aliphatic carbocycles. The number of carboxylic acid groups (broad SMARTS) is 1. The lowest BCUT2D eigenvalue weighted by molar-refractivity contribution is -0.138. The minimum atomic E-state index is -4.69. The van der Waals surface area contributed by atoms with Crippen molar-refractivity contribution >= 4 is 11.7 Å². The Balaban J connectivity index is 2.39. The van der Waals surface area contributed by atoms with Gasteiger partial charge in [-0.15, -0.1) is 0 Å². The van der Waals surface area contributed by atoms with Crippen LogP contribution in [0, 0.1) is 6.92 Å². The molecule has 0 bridgehead atoms. The van der Waals surface area contributed by atoms with Gasteiger partial charge in [0.15, 0.2) is 6.04 Å². The maximum atomic E-state index is 13.0. The predicted octanol–water partition coefficient (Wildman–Crippen LogP) is 6.14. The monoisotopic (exact) mass is 419 g/mol. The van der Waals surface area contributed by atoms with Crippen molar-refractivity contribution < 1.29 is 36.2 Å². The first kappa shape index (κ1) is 22.6. The summed E-state index contributed by atoms with van der Waals surface area (Å²) in [4.78, 5) is 11.8. The molecule has 1 unspecified atom stereocenters. The van der Waals surface area contributed by atoms with Gasteiger partial charge in [0.2, 0.25) is 0 Å². The molecule has 0 fully saturated rings. The van der Waals surface area contributed by atoms with E-state index in [9.17, 15) is 36.2 Å². The van der Waals surface area contributed by atoms with E-state index in [0.29, 0.717) is 5.69 Å². The van der Waals surface area contributed by atoms with E-state index < -0.39 is 42.8 Å². The number of aliphatic carboxylic acids is 1. The smallest absolute Gasteiger partial charge is 0.416 e. The van der Waals surface area contributed by atoms with E-state index in [2.05, 4.69) is 5.32 Å². The van der Waals surface area contributed by atoms with Crippen LogP contribution >= 0.6 is 0 Å². The van der Waals surface area contributed by atoms with E-state index in [1.165, 1.54) is 0 Å². The van der Waals surface area contributed by atoms with Crippen LogP contribution in [0.1, 0.15) is 41.1 Å². The van der Waals surface area contributed by atoms with Gasteiger partial charge in [0.05, 0.1) is 5.56 Å². The zero-order chi connectivity index (χ0) is 21.8. The molecule has 2 aromatic carbocycles. The summed E-state index contributed by atoms with van der Waals surface area (Å²) in [6.07, 6.45) is -11.1. The highest BCUT2D eigenvalue weighted by Crippen LogP contribution is 2.34. The average molecular weight is 419 g/mol. The molecule has 9 heteroatoms. The SMILES string of the molecule is Cc1ccc(NC(C(=O)O)c2ccc(C(F)(F)F)cc2CCCC(F)(F)F)cc1. The molecule has 2 N–H and O–H groups in total. The van der Waals surface area contributed by atoms with Gasteiger partial charge in [-0.3, -0.25) is 0 Å². The normalized spacial score (nSPS) is 13.2. The maximum Gasteiger partial charge on any atom is 0.416 e. The van der Waals surface area contributed by atoms with Crippen LogP contribution < -0.4 is 5.32 Å². The number of hydrogen-bond acceptors (Lipinski definition) is 2. The molecular weight excluding hydrogens is 400 g/mol. The molecule has 0 spiro atoms. The first-order valence-electron chi connectivity index (χ1n) is 8.69. The molecule has 0 radical (unpaired) electrons. The Hall–Kier alpha value is -2.71. The Morgan fingerprint density at radius 2 is 1.66 bits per heavy atom. The summed E-state index contributed by atoms with van der Waals surface area (Å²) >= 11 is 0. The fourth-order valence-corrected chi connectivity index (χ4v) is 2.85. The Bertz CT molecular complexity index is 844. The number of rotatable bonds is 7. The topological polar surface area (TPSA) is 49.3 Å². The number of anilines is 1. The number of halogens is 6. The van der Waals surface area contributed by atoms with Crippen molar-refractivity contribution in [1.82, 2.24) is 0 Å². The van der Waals surface area contributed by atoms with Gasteiger partial charge in [-0.2, -0.15) is 26.3 Å². The Morgan fingerprint density at radius 3 is 2.17 bits per heavy atom. The van der Waals surface area contributed by atoms with Gasteiger partial charge in [-0.25, -0.2) is 4.79 Å². The van der Waals surface area contributed by atoms with E-state index in [4.69, 9.17) is 0 Å². The molecule has 2 aromatic rings. The summed E-state index contributed by atoms with van der Waals surface area (Å²) in [7, 11) is 0. The summed E-state index contributed by atoms with van der Waals surface area (Å²) in [5.41, 5.74) is 0.209. The summed E-state index contributed by atoms with van der Waals surface area (Å²) < 4.78 is 76.5. The minimum absolute atomic E-state index is 0.00625. The van der Waals surface area contributed by atoms with E-state index >= 15 is 0 Å². The maximum absolute atomic E-state index is 13.0. The molecule has 0 amide bonds. The van der Waals surface area contributed by atoms with Crippen LogP contribution in [-0.2, 0) is 17.4 Å². The van der Waals surface area contributed by atoms with Crippen LogP contribution in [0.25, 0.3) is 0 Å². The Kier molecular flexibility index (Phi) is 6.81. The molecule has 0 aliphatic rings. The van der Waals surface area contributed by atoms with E-state index in [-0.39, 0.29) is 17.5 Å². The third-order valence-corrected chi connectivity index (χ3v) is 4.30. The second kappa shape index (κ2) is 8.75. The summed E-state index contributed by atoms with van der Waals surface area (Å²) in [6, 6.07) is 7.70. The Labute approximate surface area is 163 Å². The second-order valence-corrected chi connectivity index (χ2v) is 6.66. The standard InChI is InChI=1S/C20H19F6NO2/c1-12-4-7-15(8-5-12)27-17(18(28)29)16-9-6-14(20(24,25)26)11-13(16)3-2-10-19(21,22)23/h4-9,11,17,27H,2-3,10H2,1H3,(H,28,29). The molecule has 3 nitrogen and oxygen atoms in total. The van der Waals surface area contributed by atoms with Crippen LogP contribution in [0.15, 0.2) is 42.5 Å². The van der Waals surface area contributed by atoms with E-state index in [0.717, 1.165) is 23.8 Å². The summed E-state index contributed by atoms with van der Waals surface area (Å²) in [5.74, 6) is -1.36. The molecule has 158 valence electrons. The summed E-state index contributed by atoms with van der Waals surface area (Å²) in [5, 5.41) is 12.3. The molecular formula is C20H19F6NO2. The van der Waals surface area contributed by atoms with Crippen molar-refractivity contribution in [3.63, 3.8) is 0 Å². The van der Waals surface area contributed by atoms with Gasteiger partial charge in [0.25, 0.3) is 0 Å². The van der Waals surface area contributed by atoms with Crippen molar-refractivity contribution in [2.24, 2.45) is 0 Å². The van der Waals surface area contributed by atoms with Gasteiger partial charge < -0.3 is 10.4 Å². The Morgan fingerprint density at radius 1 is 1.03 bits per heavy atom. The van der Waals surface area contributed by atoms with Crippen molar-refractivity contribution in [1.29, 1.82) is 0 Å². The first-order valence-corrected chi connectivity index (χ1v) is 8.69. The quantitative estimate of drug-likeness (QED) is 0.531. The van der Waals surface area contributed by atoms with Gasteiger partial charge >= 0.3 is 18.3 Å². The molecule has 2 rings (SSSR count). The van der Waals surface area contributed by atoms with Gasteiger partial charge in [-0.1, -0.05) is 23.8 Å². The average Bonchev–Trinajstić information content (AvgIpc) is 2.59. The van der Waals surface area contributed by atoms with Crippen molar-refractivity contribution in [3.05, 3.63) is 64.7 Å². The predicted molar refractivity (Wildman–Crippen MR) is 95.6 cm³/mol. The molecule has 0 saturated heterocycles. The number of nitrogens with one attached hydrogen (secondary N) is 1. The third kappa shape index (κ3) is 6.69. The molecule has 0 heterocycles. The zero-order valence-electron chi connectivity index (χ0n) is 15.4. The van der Waals surface area contributed by atoms with Gasteiger partial charge in [0, 0.05) is 12.1 Å². The van der Waals surface area contributed by atoms with Crippen LogP contribution in [-0.4, -0.2) is 17.3 Å². The van der Waals surface area contributed by atoms with Gasteiger partial charge in [0.1, 0.15) is 0 Å². The van der Waals surface area contributed by atoms with Crippen molar-refractivity contribution in [3.8, 4) is 0 Å². The number of alkyl halides is 6. The largest absolute Gasteiger partial charge is 0.479 e. The number of carbonyl (C=O) groups is 1. The van der Waals surface area contributed by atoms with Crippen LogP contribution in [0.3, 0.4) is 0 Å². The minimum Gasteiger partial charge on any atom is -0.479 e. The molecule has 0 aliphatic heterocycles. The van der Waals surface area contributed by atoms with Crippen molar-refractivity contribution in [2.45, 2.75) is 44.6 Å². The highest BCUT2D eigenvalue weighted by molar-refractivity contribution is 5.80. The van der Waals surface area contributed by atoms with E-state index in [1.54, 1.807) is 24.3 Å². The second-order valence-electron chi connectivity index (χ2n) is 6.66. The highest BCUT2D eigenvalue weighted by atomic mass is 19.4. The lowest BCUT2D eigenvalue weighted by atomic mass is 9.93. The summed E-state index contributed by atoms with van der Waals surface area (Å²) in [6.45, 7) is 1.83. The lowest BCUT2D eigenvalue weighted by Gasteiger charge is -2.21. The highest BCUT2D eigenvalue weighted by Gasteiger charge is 2.33. The number of carboxylic acids is 1. The van der Waals surface area contributed by atoms with Crippen LogP contribution in [0.4, 0.5) is 32.0 Å². The fourth-order valence-electron chi connectivity index (χ4n) is 2.85. The number of aryl methyl sites for hydroxylation is 2. The molecule has 29 heavy (non-hydrogen) atoms. The van der Waals surface area contributed by atoms with E-state index in [1.807, 2.05) is 6.92 Å². The van der Waals surface area contributed by atoms with Crippen molar-refractivity contribution in [2.75, 3.05) is 5.32 Å². The van der Waals surface area contributed by atoms with Gasteiger partial charge in [-0.05, 0) is 55.2 Å². The molecule has 1 atom stereocenters. The number of benzene rings is 2. The first-order chi connectivity index (χ1) is 13.4. The van der Waals surface area contributed by atoms with Crippen LogP contribution in [0.5, 0.6) is 0 Å². The zero-order valence-corrected chi connectivity index (χ0v) is 15.4. The molecule has 0 saturated carbocycles. The fraction of sp³-hybridized carbons (Fsp3) is 0.350.